The Morgan fingerprint density at radius 3 is 2.41 bits per heavy atom. The molecule has 0 atom stereocenters. The Kier molecular flexibility index (Phi) is 5.56. The molecule has 2 aromatic carbocycles. The van der Waals surface area contributed by atoms with Crippen LogP contribution >= 0.6 is 0 Å². The number of hydrogen-bond donors (Lipinski definition) is 1. The van der Waals surface area contributed by atoms with Crippen molar-refractivity contribution >= 4 is 17.5 Å². The minimum atomic E-state index is -0.108. The second-order valence-electron chi connectivity index (χ2n) is 6.78. The monoisotopic (exact) mass is 389 g/mol. The van der Waals surface area contributed by atoms with E-state index in [1.54, 1.807) is 13.2 Å². The minimum Gasteiger partial charge on any atom is -0.497 e. The standard InChI is InChI=1S/C22H23N5O2/c1-29-19-9-5-8-18(16-19)23-22(28)27-14-12-26(13-15-27)21-11-10-20(24-25-21)17-6-3-2-4-7-17/h2-11,16H,12-15H2,1H3,(H,23,28). The molecule has 1 fully saturated rings. The van der Waals surface area contributed by atoms with E-state index in [9.17, 15) is 4.79 Å². The van der Waals surface area contributed by atoms with Gasteiger partial charge in [-0.25, -0.2) is 4.79 Å². The zero-order valence-electron chi connectivity index (χ0n) is 16.3. The van der Waals surface area contributed by atoms with Gasteiger partial charge < -0.3 is 19.9 Å². The Bertz CT molecular complexity index is 954. The first-order valence-electron chi connectivity index (χ1n) is 9.57. The van der Waals surface area contributed by atoms with E-state index >= 15 is 0 Å². The van der Waals surface area contributed by atoms with Crippen molar-refractivity contribution in [2.75, 3.05) is 43.5 Å². The first-order valence-corrected chi connectivity index (χ1v) is 9.57. The lowest BCUT2D eigenvalue weighted by molar-refractivity contribution is 0.208. The number of urea groups is 1. The number of ether oxygens (including phenoxy) is 1. The molecule has 1 aromatic heterocycles. The number of hydrogen-bond acceptors (Lipinski definition) is 5. The maximum Gasteiger partial charge on any atom is 0.321 e. The third-order valence-corrected chi connectivity index (χ3v) is 4.93. The Hall–Kier alpha value is -3.61. The van der Waals surface area contributed by atoms with Crippen LogP contribution in [0.5, 0.6) is 5.75 Å². The lowest BCUT2D eigenvalue weighted by Gasteiger charge is -2.35. The molecule has 2 amide bonds. The molecule has 3 aromatic rings. The summed E-state index contributed by atoms with van der Waals surface area (Å²) < 4.78 is 5.20. The number of anilines is 2. The van der Waals surface area contributed by atoms with Gasteiger partial charge in [0.05, 0.1) is 12.8 Å². The van der Waals surface area contributed by atoms with Crippen molar-refractivity contribution in [3.8, 4) is 17.0 Å². The van der Waals surface area contributed by atoms with Crippen LogP contribution in [0, 0.1) is 0 Å². The lowest BCUT2D eigenvalue weighted by Crippen LogP contribution is -2.50. The van der Waals surface area contributed by atoms with Crippen LogP contribution in [0.15, 0.2) is 66.7 Å². The molecular formula is C22H23N5O2. The molecule has 0 radical (unpaired) electrons. The van der Waals surface area contributed by atoms with Crippen LogP contribution in [0.2, 0.25) is 0 Å². The fourth-order valence-corrected chi connectivity index (χ4v) is 3.30. The van der Waals surface area contributed by atoms with Crippen LogP contribution in [-0.4, -0.2) is 54.4 Å². The Labute approximate surface area is 169 Å². The van der Waals surface area contributed by atoms with E-state index in [-0.39, 0.29) is 6.03 Å². The van der Waals surface area contributed by atoms with Crippen LogP contribution in [0.4, 0.5) is 16.3 Å². The number of methoxy groups -OCH3 is 1. The maximum atomic E-state index is 12.5. The van der Waals surface area contributed by atoms with Crippen molar-refractivity contribution in [2.24, 2.45) is 0 Å². The summed E-state index contributed by atoms with van der Waals surface area (Å²) in [6.07, 6.45) is 0. The van der Waals surface area contributed by atoms with E-state index in [4.69, 9.17) is 4.74 Å². The SMILES string of the molecule is COc1cccc(NC(=O)N2CCN(c3ccc(-c4ccccc4)nn3)CC2)c1. The van der Waals surface area contributed by atoms with E-state index in [0.29, 0.717) is 31.9 Å². The van der Waals surface area contributed by atoms with Crippen LogP contribution < -0.4 is 15.0 Å². The van der Waals surface area contributed by atoms with Gasteiger partial charge in [0.25, 0.3) is 0 Å². The first kappa shape index (κ1) is 18.7. The predicted molar refractivity (Wildman–Crippen MR) is 113 cm³/mol. The summed E-state index contributed by atoms with van der Waals surface area (Å²) in [4.78, 5) is 16.5. The molecule has 0 bridgehead atoms. The normalized spacial score (nSPS) is 13.8. The van der Waals surface area contributed by atoms with Gasteiger partial charge in [-0.3, -0.25) is 0 Å². The van der Waals surface area contributed by atoms with Crippen LogP contribution in [0.25, 0.3) is 11.3 Å². The zero-order chi connectivity index (χ0) is 20.1. The number of benzene rings is 2. The second-order valence-corrected chi connectivity index (χ2v) is 6.78. The molecule has 29 heavy (non-hydrogen) atoms. The van der Waals surface area contributed by atoms with Gasteiger partial charge >= 0.3 is 6.03 Å². The highest BCUT2D eigenvalue weighted by molar-refractivity contribution is 5.89. The molecule has 7 nitrogen and oxygen atoms in total. The predicted octanol–water partition coefficient (Wildman–Crippen LogP) is 3.51. The summed E-state index contributed by atoms with van der Waals surface area (Å²) in [5.41, 5.74) is 2.62. The smallest absolute Gasteiger partial charge is 0.321 e. The lowest BCUT2D eigenvalue weighted by atomic mass is 10.1. The molecule has 0 unspecified atom stereocenters. The van der Waals surface area contributed by atoms with Crippen molar-refractivity contribution in [1.82, 2.24) is 15.1 Å². The summed E-state index contributed by atoms with van der Waals surface area (Å²) in [6.45, 7) is 2.67. The molecule has 1 saturated heterocycles. The number of aromatic nitrogens is 2. The van der Waals surface area contributed by atoms with E-state index in [0.717, 1.165) is 22.8 Å². The Balaban J connectivity index is 1.33. The topological polar surface area (TPSA) is 70.6 Å². The third kappa shape index (κ3) is 4.45. The highest BCUT2D eigenvalue weighted by Crippen LogP contribution is 2.20. The first-order chi connectivity index (χ1) is 14.2. The second kappa shape index (κ2) is 8.60. The van der Waals surface area contributed by atoms with Crippen molar-refractivity contribution in [3.05, 3.63) is 66.7 Å². The van der Waals surface area contributed by atoms with E-state index in [1.165, 1.54) is 0 Å². The van der Waals surface area contributed by atoms with Crippen molar-refractivity contribution < 1.29 is 9.53 Å². The van der Waals surface area contributed by atoms with Crippen LogP contribution in [0.3, 0.4) is 0 Å². The number of carbonyl (C=O) groups is 1. The van der Waals surface area contributed by atoms with Crippen LogP contribution in [0.1, 0.15) is 0 Å². The van der Waals surface area contributed by atoms with Gasteiger partial charge in [0.1, 0.15) is 5.75 Å². The van der Waals surface area contributed by atoms with Gasteiger partial charge in [-0.05, 0) is 24.3 Å². The van der Waals surface area contributed by atoms with Gasteiger partial charge in [-0.15, -0.1) is 10.2 Å². The highest BCUT2D eigenvalue weighted by Gasteiger charge is 2.22. The molecular weight excluding hydrogens is 366 g/mol. The van der Waals surface area contributed by atoms with Crippen LogP contribution in [-0.2, 0) is 0 Å². The molecule has 1 N–H and O–H groups in total. The quantitative estimate of drug-likeness (QED) is 0.739. The number of nitrogens with zero attached hydrogens (tertiary/aromatic N) is 4. The molecule has 7 heteroatoms. The summed E-state index contributed by atoms with van der Waals surface area (Å²) in [6, 6.07) is 21.2. The van der Waals surface area contributed by atoms with E-state index in [1.807, 2.05) is 65.6 Å². The molecule has 0 aliphatic carbocycles. The Morgan fingerprint density at radius 1 is 0.931 bits per heavy atom. The number of carbonyl (C=O) groups excluding carboxylic acids is 1. The minimum absolute atomic E-state index is 0.108. The van der Waals surface area contributed by atoms with E-state index in [2.05, 4.69) is 20.4 Å². The van der Waals surface area contributed by atoms with Gasteiger partial charge in [0.2, 0.25) is 0 Å². The highest BCUT2D eigenvalue weighted by atomic mass is 16.5. The molecule has 4 rings (SSSR count). The fourth-order valence-electron chi connectivity index (χ4n) is 3.30. The Morgan fingerprint density at radius 2 is 1.72 bits per heavy atom. The zero-order valence-corrected chi connectivity index (χ0v) is 16.3. The third-order valence-electron chi connectivity index (χ3n) is 4.93. The largest absolute Gasteiger partial charge is 0.497 e. The maximum absolute atomic E-state index is 12.5. The number of rotatable bonds is 4. The molecule has 1 aliphatic rings. The van der Waals surface area contributed by atoms with Crippen molar-refractivity contribution in [1.29, 1.82) is 0 Å². The summed E-state index contributed by atoms with van der Waals surface area (Å²) in [5.74, 6) is 1.54. The van der Waals surface area contributed by atoms with Gasteiger partial charge in [-0.2, -0.15) is 0 Å². The van der Waals surface area contributed by atoms with E-state index < -0.39 is 0 Å². The molecule has 148 valence electrons. The van der Waals surface area contributed by atoms with Crippen molar-refractivity contribution in [2.45, 2.75) is 0 Å². The average molecular weight is 389 g/mol. The fraction of sp³-hybridized carbons (Fsp3) is 0.227. The molecule has 0 spiro atoms. The van der Waals surface area contributed by atoms with Crippen molar-refractivity contribution in [3.63, 3.8) is 0 Å². The van der Waals surface area contributed by atoms with Gasteiger partial charge in [0, 0.05) is 43.5 Å². The van der Waals surface area contributed by atoms with Gasteiger partial charge in [0.15, 0.2) is 5.82 Å². The summed E-state index contributed by atoms with van der Waals surface area (Å²) in [7, 11) is 1.61. The summed E-state index contributed by atoms with van der Waals surface area (Å²) >= 11 is 0. The number of piperazine rings is 1. The number of nitrogens with one attached hydrogen (secondary N) is 1. The molecule has 0 saturated carbocycles. The molecule has 2 heterocycles. The number of amides is 2. The average Bonchev–Trinajstić information content (AvgIpc) is 2.80. The summed E-state index contributed by atoms with van der Waals surface area (Å²) in [5, 5.41) is 11.7. The van der Waals surface area contributed by atoms with Gasteiger partial charge in [-0.1, -0.05) is 36.4 Å². The molecule has 1 aliphatic heterocycles.